The van der Waals surface area contributed by atoms with Gasteiger partial charge < -0.3 is 9.16 Å². The summed E-state index contributed by atoms with van der Waals surface area (Å²) in [6.45, 7) is 8.57. The second-order valence-corrected chi connectivity index (χ2v) is 8.16. The minimum atomic E-state index is -1.48. The van der Waals surface area contributed by atoms with Crippen LogP contribution in [0.5, 0.6) is 0 Å². The van der Waals surface area contributed by atoms with Gasteiger partial charge in [0.25, 0.3) is 5.95 Å². The molecule has 0 fully saturated rings. The van der Waals surface area contributed by atoms with Crippen LogP contribution < -0.4 is 0 Å². The summed E-state index contributed by atoms with van der Waals surface area (Å²) >= 11 is 0. The zero-order chi connectivity index (χ0) is 9.61. The molecule has 0 saturated heterocycles. The lowest BCUT2D eigenvalue weighted by Crippen LogP contribution is -2.25. The molecule has 0 aliphatic carbocycles. The molecule has 0 N–H and O–H groups in total. The van der Waals surface area contributed by atoms with Crippen LogP contribution in [0.3, 0.4) is 0 Å². The van der Waals surface area contributed by atoms with Crippen molar-refractivity contribution >= 4 is 8.32 Å². The molecule has 0 heterocycles. The van der Waals surface area contributed by atoms with Crippen LogP contribution in [0.4, 0.5) is 0 Å². The fourth-order valence-electron chi connectivity index (χ4n) is 0.731. The molecule has 0 saturated carbocycles. The van der Waals surface area contributed by atoms with Crippen LogP contribution in [0.25, 0.3) is 0 Å². The maximum Gasteiger partial charge on any atom is 0.260 e. The summed E-state index contributed by atoms with van der Waals surface area (Å²) in [7, 11) is 0.170. The van der Waals surface area contributed by atoms with E-state index in [9.17, 15) is 0 Å². The Bertz CT molecular complexity index is 147. The quantitative estimate of drug-likeness (QED) is 0.487. The van der Waals surface area contributed by atoms with Crippen molar-refractivity contribution in [3.63, 3.8) is 0 Å². The summed E-state index contributed by atoms with van der Waals surface area (Å²) in [5.41, 5.74) is 0. The van der Waals surface area contributed by atoms with Crippen molar-refractivity contribution in [2.24, 2.45) is 0 Å². The van der Waals surface area contributed by atoms with Gasteiger partial charge in [-0.2, -0.15) is 0 Å². The van der Waals surface area contributed by atoms with Gasteiger partial charge in [-0.1, -0.05) is 13.3 Å². The molecule has 0 aliphatic rings. The monoisotopic (exact) mass is 188 g/mol. The van der Waals surface area contributed by atoms with Crippen molar-refractivity contribution in [1.82, 2.24) is 0 Å². The molecule has 2 nitrogen and oxygen atoms in total. The third-order valence-corrected chi connectivity index (χ3v) is 2.02. The van der Waals surface area contributed by atoms with E-state index in [1.54, 1.807) is 7.11 Å². The van der Waals surface area contributed by atoms with Gasteiger partial charge in [0.2, 0.25) is 8.32 Å². The molecule has 0 atom stereocenters. The maximum absolute atomic E-state index is 5.67. The van der Waals surface area contributed by atoms with Gasteiger partial charge in [-0.25, -0.2) is 0 Å². The second kappa shape index (κ2) is 5.25. The van der Waals surface area contributed by atoms with Gasteiger partial charge in [0, 0.05) is 0 Å². The molecule has 0 unspecified atom stereocenters. The Morgan fingerprint density at radius 1 is 1.33 bits per heavy atom. The minimum Gasteiger partial charge on any atom is -0.520 e. The minimum absolute atomic E-state index is 0.691. The third-order valence-electron chi connectivity index (χ3n) is 1.21. The summed E-state index contributed by atoms with van der Waals surface area (Å²) in [6, 6.07) is 0. The molecule has 72 valence electrons. The zero-order valence-electron chi connectivity index (χ0n) is 8.81. The molecule has 0 aromatic carbocycles. The summed E-state index contributed by atoms with van der Waals surface area (Å²) in [5, 5.41) is 0. The lowest BCUT2D eigenvalue weighted by atomic mass is 10.3. The lowest BCUT2D eigenvalue weighted by Gasteiger charge is -2.20. The van der Waals surface area contributed by atoms with Crippen LogP contribution in [0.2, 0.25) is 19.6 Å². The molecule has 12 heavy (non-hydrogen) atoms. The molecule has 0 aromatic heterocycles. The zero-order valence-corrected chi connectivity index (χ0v) is 9.81. The van der Waals surface area contributed by atoms with E-state index in [1.807, 2.05) is 6.08 Å². The van der Waals surface area contributed by atoms with E-state index in [1.165, 1.54) is 0 Å². The van der Waals surface area contributed by atoms with Crippen LogP contribution in [0, 0.1) is 0 Å². The van der Waals surface area contributed by atoms with Crippen LogP contribution in [-0.2, 0) is 9.16 Å². The van der Waals surface area contributed by atoms with Crippen LogP contribution in [0.15, 0.2) is 12.0 Å². The first-order valence-corrected chi connectivity index (χ1v) is 7.83. The molecule has 3 heteroatoms. The Kier molecular flexibility index (Phi) is 5.05. The molecular formula is C9H20O2Si. The van der Waals surface area contributed by atoms with Gasteiger partial charge in [-0.05, 0) is 32.1 Å². The molecule has 0 spiro atoms. The smallest absolute Gasteiger partial charge is 0.260 e. The van der Waals surface area contributed by atoms with Gasteiger partial charge >= 0.3 is 0 Å². The Morgan fingerprint density at radius 2 is 1.92 bits per heavy atom. The molecular weight excluding hydrogens is 168 g/mol. The number of rotatable bonds is 5. The SMILES string of the molecule is CCC/C=C(\OC)O[Si](C)(C)C. The second-order valence-electron chi connectivity index (χ2n) is 3.73. The summed E-state index contributed by atoms with van der Waals surface area (Å²) in [5.74, 6) is 0.691. The average molecular weight is 188 g/mol. The van der Waals surface area contributed by atoms with Crippen LogP contribution in [-0.4, -0.2) is 15.4 Å². The van der Waals surface area contributed by atoms with E-state index in [4.69, 9.17) is 9.16 Å². The van der Waals surface area contributed by atoms with Gasteiger partial charge in [0.1, 0.15) is 0 Å². The molecule has 0 radical (unpaired) electrons. The van der Waals surface area contributed by atoms with E-state index < -0.39 is 8.32 Å². The maximum atomic E-state index is 5.67. The predicted octanol–water partition coefficient (Wildman–Crippen LogP) is 3.13. The number of allylic oxidation sites excluding steroid dienone is 1. The Labute approximate surface area is 76.7 Å². The van der Waals surface area contributed by atoms with Crippen LogP contribution in [0.1, 0.15) is 19.8 Å². The molecule has 0 amide bonds. The summed E-state index contributed by atoms with van der Waals surface area (Å²) in [4.78, 5) is 0. The van der Waals surface area contributed by atoms with E-state index in [-0.39, 0.29) is 0 Å². The first-order chi connectivity index (χ1) is 5.49. The highest BCUT2D eigenvalue weighted by molar-refractivity contribution is 6.69. The van der Waals surface area contributed by atoms with Crippen molar-refractivity contribution in [1.29, 1.82) is 0 Å². The number of methoxy groups -OCH3 is 1. The molecule has 0 aromatic rings. The van der Waals surface area contributed by atoms with E-state index in [0.717, 1.165) is 12.8 Å². The number of hydrogen-bond acceptors (Lipinski definition) is 2. The van der Waals surface area contributed by atoms with Gasteiger partial charge in [0.05, 0.1) is 7.11 Å². The van der Waals surface area contributed by atoms with Gasteiger partial charge in [-0.15, -0.1) is 0 Å². The largest absolute Gasteiger partial charge is 0.520 e. The van der Waals surface area contributed by atoms with Crippen molar-refractivity contribution in [3.05, 3.63) is 12.0 Å². The van der Waals surface area contributed by atoms with Gasteiger partial charge in [-0.3, -0.25) is 0 Å². The fraction of sp³-hybridized carbons (Fsp3) is 0.778. The Balaban J connectivity index is 3.99. The van der Waals surface area contributed by atoms with Crippen molar-refractivity contribution in [3.8, 4) is 0 Å². The number of ether oxygens (including phenoxy) is 1. The summed E-state index contributed by atoms with van der Waals surface area (Å²) in [6.07, 6.45) is 4.16. The number of unbranched alkanes of at least 4 members (excludes halogenated alkanes) is 1. The molecule has 0 aliphatic heterocycles. The molecule has 0 rings (SSSR count). The van der Waals surface area contributed by atoms with Gasteiger partial charge in [0.15, 0.2) is 0 Å². The van der Waals surface area contributed by atoms with E-state index >= 15 is 0 Å². The average Bonchev–Trinajstić information content (AvgIpc) is 1.95. The highest BCUT2D eigenvalue weighted by Crippen LogP contribution is 2.11. The van der Waals surface area contributed by atoms with Crippen LogP contribution >= 0.6 is 0 Å². The first-order valence-electron chi connectivity index (χ1n) is 4.42. The van der Waals surface area contributed by atoms with Crippen molar-refractivity contribution in [2.75, 3.05) is 7.11 Å². The molecule has 0 bridgehead atoms. The fourth-order valence-corrected chi connectivity index (χ4v) is 1.50. The summed E-state index contributed by atoms with van der Waals surface area (Å²) < 4.78 is 10.8. The topological polar surface area (TPSA) is 18.5 Å². The number of hydrogen-bond donors (Lipinski definition) is 0. The first kappa shape index (κ1) is 11.6. The van der Waals surface area contributed by atoms with E-state index in [2.05, 4.69) is 26.6 Å². The third kappa shape index (κ3) is 6.28. The Morgan fingerprint density at radius 3 is 2.25 bits per heavy atom. The van der Waals surface area contributed by atoms with E-state index in [0.29, 0.717) is 5.95 Å². The predicted molar refractivity (Wildman–Crippen MR) is 54.4 cm³/mol. The standard InChI is InChI=1S/C9H20O2Si/c1-6-7-8-9(10-2)11-12(3,4)5/h8H,6-7H2,1-5H3/b9-8+. The highest BCUT2D eigenvalue weighted by Gasteiger charge is 2.17. The van der Waals surface area contributed by atoms with Crippen molar-refractivity contribution < 1.29 is 9.16 Å². The normalized spacial score (nSPS) is 12.9. The Hall–Kier alpha value is -0.443. The van der Waals surface area contributed by atoms with Crippen molar-refractivity contribution in [2.45, 2.75) is 39.4 Å². The lowest BCUT2D eigenvalue weighted by molar-refractivity contribution is 0.145. The highest BCUT2D eigenvalue weighted by atomic mass is 28.4.